The number of halogens is 3. The second-order valence-electron chi connectivity index (χ2n) is 8.41. The summed E-state index contributed by atoms with van der Waals surface area (Å²) < 4.78 is 46.1. The van der Waals surface area contributed by atoms with Crippen LogP contribution in [0.15, 0.2) is 48.5 Å². The van der Waals surface area contributed by atoms with Crippen molar-refractivity contribution in [3.63, 3.8) is 0 Å². The fourth-order valence-corrected chi connectivity index (χ4v) is 4.60. The van der Waals surface area contributed by atoms with Crippen LogP contribution in [0.2, 0.25) is 0 Å². The van der Waals surface area contributed by atoms with Crippen molar-refractivity contribution in [2.75, 3.05) is 19.7 Å². The Morgan fingerprint density at radius 3 is 2.21 bits per heavy atom. The van der Waals surface area contributed by atoms with Crippen molar-refractivity contribution in [1.82, 2.24) is 10.2 Å². The number of alkyl carbamates (subject to hydrolysis) is 1. The summed E-state index contributed by atoms with van der Waals surface area (Å²) in [5.41, 5.74) is 3.73. The van der Waals surface area contributed by atoms with Gasteiger partial charge in [-0.2, -0.15) is 13.2 Å². The third-order valence-electron chi connectivity index (χ3n) is 6.26. The molecule has 0 radical (unpaired) electrons. The normalized spacial score (nSPS) is 18.6. The summed E-state index contributed by atoms with van der Waals surface area (Å²) in [4.78, 5) is 37.0. The highest BCUT2D eigenvalue weighted by molar-refractivity contribution is 5.87. The first kappa shape index (κ1) is 23.6. The maximum Gasteiger partial charge on any atom is 0.417 e. The van der Waals surface area contributed by atoms with Gasteiger partial charge in [0.25, 0.3) is 5.91 Å². The molecule has 34 heavy (non-hydrogen) atoms. The predicted molar refractivity (Wildman–Crippen MR) is 115 cm³/mol. The molecule has 10 heteroatoms. The van der Waals surface area contributed by atoms with Gasteiger partial charge in [-0.25, -0.2) is 4.79 Å². The molecule has 0 bridgehead atoms. The third kappa shape index (κ3) is 4.71. The molecule has 1 unspecified atom stereocenters. The summed E-state index contributed by atoms with van der Waals surface area (Å²) >= 11 is 0. The Morgan fingerprint density at radius 1 is 1.06 bits per heavy atom. The van der Waals surface area contributed by atoms with E-state index in [4.69, 9.17) is 9.84 Å². The number of carbonyl (C=O) groups is 3. The predicted octanol–water partition coefficient (Wildman–Crippen LogP) is 3.78. The maximum atomic E-state index is 13.6. The number of benzene rings is 2. The fraction of sp³-hybridized carbons (Fsp3) is 0.375. The first-order valence-corrected chi connectivity index (χ1v) is 10.9. The number of carboxylic acids is 1. The van der Waals surface area contributed by atoms with Crippen LogP contribution in [0.25, 0.3) is 11.1 Å². The molecule has 180 valence electrons. The zero-order valence-corrected chi connectivity index (χ0v) is 18.0. The number of fused-ring (bicyclic) bond motifs is 3. The van der Waals surface area contributed by atoms with Crippen LogP contribution < -0.4 is 5.32 Å². The standard InChI is InChI=1S/C24H23F3N2O5/c25-24(26,27)20(21(30)29-11-5-6-14(12-29)22(31)32)28-23(33)34-13-19-17-9-3-1-7-15(17)16-8-2-4-10-18(16)19/h1-4,7-10,14,19-20H,5-6,11-13H2,(H,28,33)(H,31,32)/t14-,20?/m1/s1. The molecule has 7 nitrogen and oxygen atoms in total. The largest absolute Gasteiger partial charge is 0.481 e. The van der Waals surface area contributed by atoms with E-state index in [2.05, 4.69) is 0 Å². The third-order valence-corrected chi connectivity index (χ3v) is 6.26. The molecule has 2 aliphatic rings. The fourth-order valence-electron chi connectivity index (χ4n) is 4.60. The molecule has 1 aliphatic heterocycles. The van der Waals surface area contributed by atoms with E-state index < -0.39 is 36.1 Å². The quantitative estimate of drug-likeness (QED) is 0.685. The number of carbonyl (C=O) groups excluding carboxylic acids is 2. The average Bonchev–Trinajstić information content (AvgIpc) is 3.14. The van der Waals surface area contributed by atoms with Crippen LogP contribution in [0.5, 0.6) is 0 Å². The smallest absolute Gasteiger partial charge is 0.417 e. The number of likely N-dealkylation sites (tertiary alicyclic amines) is 1. The van der Waals surface area contributed by atoms with Crippen molar-refractivity contribution in [3.8, 4) is 11.1 Å². The number of hydrogen-bond acceptors (Lipinski definition) is 4. The van der Waals surface area contributed by atoms with Gasteiger partial charge in [-0.1, -0.05) is 48.5 Å². The number of nitrogens with zero attached hydrogens (tertiary/aromatic N) is 1. The van der Waals surface area contributed by atoms with E-state index in [0.717, 1.165) is 27.2 Å². The molecule has 0 spiro atoms. The van der Waals surface area contributed by atoms with E-state index in [1.54, 1.807) is 5.32 Å². The minimum atomic E-state index is -5.07. The summed E-state index contributed by atoms with van der Waals surface area (Å²) in [5.74, 6) is -3.87. The number of ether oxygens (including phenoxy) is 1. The van der Waals surface area contributed by atoms with Gasteiger partial charge in [0.1, 0.15) is 6.61 Å². The SMILES string of the molecule is O=C(NC(C(=O)N1CCC[C@@H](C(=O)O)C1)C(F)(F)F)OCC1c2ccccc2-c2ccccc21. The summed E-state index contributed by atoms with van der Waals surface area (Å²) in [5, 5.41) is 10.8. The van der Waals surface area contributed by atoms with Crippen molar-refractivity contribution in [3.05, 3.63) is 59.7 Å². The zero-order chi connectivity index (χ0) is 24.5. The maximum absolute atomic E-state index is 13.6. The van der Waals surface area contributed by atoms with Gasteiger partial charge in [0.15, 0.2) is 0 Å². The van der Waals surface area contributed by atoms with Crippen LogP contribution in [-0.2, 0) is 14.3 Å². The molecule has 0 saturated carbocycles. The van der Waals surface area contributed by atoms with Gasteiger partial charge in [-0.05, 0) is 35.1 Å². The van der Waals surface area contributed by atoms with E-state index >= 15 is 0 Å². The first-order valence-electron chi connectivity index (χ1n) is 10.9. The Labute approximate surface area is 193 Å². The Balaban J connectivity index is 1.44. The Kier molecular flexibility index (Phi) is 6.49. The minimum Gasteiger partial charge on any atom is -0.481 e. The number of alkyl halides is 3. The van der Waals surface area contributed by atoms with Gasteiger partial charge >= 0.3 is 18.2 Å². The topological polar surface area (TPSA) is 95.9 Å². The van der Waals surface area contributed by atoms with Gasteiger partial charge in [0, 0.05) is 19.0 Å². The number of nitrogens with one attached hydrogen (secondary N) is 1. The number of piperidine rings is 1. The monoisotopic (exact) mass is 476 g/mol. The summed E-state index contributed by atoms with van der Waals surface area (Å²) in [6, 6.07) is 12.2. The van der Waals surface area contributed by atoms with Crippen LogP contribution in [0.1, 0.15) is 29.9 Å². The van der Waals surface area contributed by atoms with Crippen molar-refractivity contribution in [2.45, 2.75) is 31.0 Å². The second kappa shape index (κ2) is 9.36. The average molecular weight is 476 g/mol. The van der Waals surface area contributed by atoms with Crippen LogP contribution in [0, 0.1) is 5.92 Å². The van der Waals surface area contributed by atoms with Crippen molar-refractivity contribution < 1.29 is 37.4 Å². The molecular formula is C24H23F3N2O5. The lowest BCUT2D eigenvalue weighted by atomic mass is 9.97. The molecule has 1 aliphatic carbocycles. The Morgan fingerprint density at radius 2 is 1.65 bits per heavy atom. The number of carboxylic acid groups (broad SMARTS) is 1. The molecule has 1 saturated heterocycles. The lowest BCUT2D eigenvalue weighted by Gasteiger charge is -2.34. The summed E-state index contributed by atoms with van der Waals surface area (Å²) in [6.07, 6.45) is -5.91. The molecule has 2 N–H and O–H groups in total. The van der Waals surface area contributed by atoms with Crippen LogP contribution in [0.3, 0.4) is 0 Å². The zero-order valence-electron chi connectivity index (χ0n) is 18.0. The lowest BCUT2D eigenvalue weighted by Crippen LogP contribution is -2.58. The molecule has 2 amide bonds. The van der Waals surface area contributed by atoms with Crippen molar-refractivity contribution in [1.29, 1.82) is 0 Å². The van der Waals surface area contributed by atoms with Crippen LogP contribution in [0.4, 0.5) is 18.0 Å². The molecule has 2 aromatic rings. The van der Waals surface area contributed by atoms with Gasteiger partial charge in [0.2, 0.25) is 6.04 Å². The van der Waals surface area contributed by atoms with Gasteiger partial charge in [-0.15, -0.1) is 0 Å². The molecular weight excluding hydrogens is 453 g/mol. The van der Waals surface area contributed by atoms with E-state index in [1.807, 2.05) is 48.5 Å². The first-order chi connectivity index (χ1) is 16.2. The lowest BCUT2D eigenvalue weighted by molar-refractivity contribution is -0.175. The highest BCUT2D eigenvalue weighted by Crippen LogP contribution is 2.44. The molecule has 0 aromatic heterocycles. The molecule has 4 rings (SSSR count). The molecule has 1 fully saturated rings. The van der Waals surface area contributed by atoms with Crippen molar-refractivity contribution >= 4 is 18.0 Å². The van der Waals surface area contributed by atoms with Gasteiger partial charge in [-0.3, -0.25) is 9.59 Å². The molecule has 1 heterocycles. The van der Waals surface area contributed by atoms with Gasteiger partial charge < -0.3 is 20.1 Å². The molecule has 2 atom stereocenters. The summed E-state index contributed by atoms with van der Waals surface area (Å²) in [7, 11) is 0. The van der Waals surface area contributed by atoms with Gasteiger partial charge in [0.05, 0.1) is 5.92 Å². The Bertz CT molecular complexity index is 1060. The number of rotatable bonds is 5. The van der Waals surface area contributed by atoms with Crippen molar-refractivity contribution in [2.24, 2.45) is 5.92 Å². The number of aliphatic carboxylic acids is 1. The summed E-state index contributed by atoms with van der Waals surface area (Å²) in [6.45, 7) is -0.557. The second-order valence-corrected chi connectivity index (χ2v) is 8.41. The van der Waals surface area contributed by atoms with E-state index in [-0.39, 0.29) is 38.5 Å². The Hall–Kier alpha value is -3.56. The van der Waals surface area contributed by atoms with E-state index in [9.17, 15) is 27.6 Å². The van der Waals surface area contributed by atoms with Crippen LogP contribution >= 0.6 is 0 Å². The number of hydrogen-bond donors (Lipinski definition) is 2. The highest BCUT2D eigenvalue weighted by Gasteiger charge is 2.49. The van der Waals surface area contributed by atoms with Crippen LogP contribution in [-0.4, -0.2) is 59.9 Å². The van der Waals surface area contributed by atoms with E-state index in [0.29, 0.717) is 0 Å². The number of amides is 2. The minimum absolute atomic E-state index is 0.0123. The van der Waals surface area contributed by atoms with E-state index in [1.165, 1.54) is 0 Å². The highest BCUT2D eigenvalue weighted by atomic mass is 19.4. The molecule has 2 aromatic carbocycles.